The van der Waals surface area contributed by atoms with E-state index in [4.69, 9.17) is 14.2 Å². The molecule has 0 fully saturated rings. The molecule has 3 aromatic rings. The molecule has 192 valence electrons. The number of hydrogen-bond acceptors (Lipinski definition) is 10. The third kappa shape index (κ3) is 6.73. The van der Waals surface area contributed by atoms with E-state index in [1.165, 1.54) is 30.3 Å². The minimum absolute atomic E-state index is 0.0190. The summed E-state index contributed by atoms with van der Waals surface area (Å²) in [6.45, 7) is 0.358. The van der Waals surface area contributed by atoms with Gasteiger partial charge in [0.15, 0.2) is 6.29 Å². The highest BCUT2D eigenvalue weighted by atomic mass is 32.2. The highest BCUT2D eigenvalue weighted by Crippen LogP contribution is 2.30. The number of aldehydes is 1. The summed E-state index contributed by atoms with van der Waals surface area (Å²) < 4.78 is 81.3. The van der Waals surface area contributed by atoms with Crippen molar-refractivity contribution >= 4 is 43.0 Å². The summed E-state index contributed by atoms with van der Waals surface area (Å²) in [6.07, 6.45) is 0.359. The molecule has 0 heterocycles. The zero-order valence-electron chi connectivity index (χ0n) is 18.3. The number of ether oxygens (including phenoxy) is 3. The normalized spacial score (nSPS) is 11.8. The minimum atomic E-state index is -4.82. The molecule has 0 bridgehead atoms. The molecule has 0 saturated heterocycles. The Labute approximate surface area is 204 Å². The Kier molecular flexibility index (Phi) is 8.21. The molecule has 36 heavy (non-hydrogen) atoms. The van der Waals surface area contributed by atoms with E-state index < -0.39 is 35.0 Å². The van der Waals surface area contributed by atoms with Gasteiger partial charge in [0.1, 0.15) is 29.6 Å². The summed E-state index contributed by atoms with van der Waals surface area (Å²) in [7, 11) is -9.54. The molecule has 0 radical (unpaired) electrons. The zero-order valence-corrected chi connectivity index (χ0v) is 19.9. The van der Waals surface area contributed by atoms with Crippen molar-refractivity contribution < 1.29 is 49.9 Å². The van der Waals surface area contributed by atoms with Crippen molar-refractivity contribution in [1.29, 1.82) is 0 Å². The summed E-state index contributed by atoms with van der Waals surface area (Å²) in [6, 6.07) is 9.54. The first-order valence-corrected chi connectivity index (χ1v) is 12.9. The van der Waals surface area contributed by atoms with Crippen LogP contribution >= 0.6 is 0 Å². The summed E-state index contributed by atoms with van der Waals surface area (Å²) in [4.78, 5) is 19.7. The molecule has 15 heteroatoms. The Morgan fingerprint density at radius 2 is 1.44 bits per heavy atom. The maximum absolute atomic E-state index is 11.7. The smallest absolute Gasteiger partial charge is 0.295 e. The largest absolute Gasteiger partial charge is 0.491 e. The first-order chi connectivity index (χ1) is 16.9. The summed E-state index contributed by atoms with van der Waals surface area (Å²) in [5.41, 5.74) is -0.449. The number of fused-ring (bicyclic) bond motifs is 1. The average Bonchev–Trinajstić information content (AvgIpc) is 2.81. The van der Waals surface area contributed by atoms with Gasteiger partial charge in [-0.3, -0.25) is 24.0 Å². The molecule has 0 amide bonds. The van der Waals surface area contributed by atoms with Crippen LogP contribution in [0.2, 0.25) is 0 Å². The minimum Gasteiger partial charge on any atom is -0.491 e. The van der Waals surface area contributed by atoms with E-state index in [9.17, 15) is 40.8 Å². The first kappa shape index (κ1) is 27.0. The molecule has 2 N–H and O–H groups in total. The van der Waals surface area contributed by atoms with Crippen LogP contribution in [0, 0.1) is 10.1 Å². The third-order valence-corrected chi connectivity index (χ3v) is 6.48. The molecule has 0 aromatic heterocycles. The van der Waals surface area contributed by atoms with Crippen LogP contribution in [-0.2, 0) is 25.0 Å². The molecule has 0 aliphatic carbocycles. The lowest BCUT2D eigenvalue weighted by molar-refractivity contribution is -0.385. The van der Waals surface area contributed by atoms with Crippen molar-refractivity contribution in [2.45, 2.75) is 9.79 Å². The molecule has 0 aliphatic rings. The highest BCUT2D eigenvalue weighted by Gasteiger charge is 2.21. The second-order valence-corrected chi connectivity index (χ2v) is 9.97. The molecule has 0 atom stereocenters. The number of benzene rings is 3. The lowest BCUT2D eigenvalue weighted by Crippen LogP contribution is -2.12. The van der Waals surface area contributed by atoms with Crippen LogP contribution < -0.4 is 9.47 Å². The SMILES string of the molecule is O=Cc1cc(OCCOCCOc2ccc3cc(S(=O)(=O)O)cc(S(=O)(=O)O)c3c2)ccc1[N+](=O)[O-]. The molecule has 0 aliphatic heterocycles. The predicted octanol–water partition coefficient (Wildman–Crippen LogP) is 2.53. The lowest BCUT2D eigenvalue weighted by atomic mass is 10.1. The fraction of sp³-hybridized carbons (Fsp3) is 0.190. The molecular formula is C21H19NO12S2. The molecule has 0 unspecified atom stereocenters. The van der Waals surface area contributed by atoms with E-state index in [2.05, 4.69) is 0 Å². The van der Waals surface area contributed by atoms with Crippen LogP contribution in [0.3, 0.4) is 0 Å². The third-order valence-electron chi connectivity index (χ3n) is 4.75. The standard InChI is InChI=1S/C21H19NO12S2/c23-13-15-9-16(3-4-20(15)22(24)25)33-7-5-32-6-8-34-17-2-1-14-10-18(35(26,27)28)12-21(19(14)11-17)36(29,30)31/h1-4,9-13H,5-8H2,(H,26,27,28)(H,29,30,31). The van der Waals surface area contributed by atoms with E-state index in [0.717, 1.165) is 12.1 Å². The van der Waals surface area contributed by atoms with Gasteiger partial charge >= 0.3 is 0 Å². The predicted molar refractivity (Wildman–Crippen MR) is 124 cm³/mol. The van der Waals surface area contributed by atoms with Crippen LogP contribution in [0.1, 0.15) is 10.4 Å². The fourth-order valence-corrected chi connectivity index (χ4v) is 4.50. The highest BCUT2D eigenvalue weighted by molar-refractivity contribution is 7.86. The Bertz CT molecular complexity index is 1520. The van der Waals surface area contributed by atoms with Crippen LogP contribution in [-0.4, -0.2) is 63.6 Å². The van der Waals surface area contributed by atoms with Gasteiger partial charge in [0, 0.05) is 11.5 Å². The maximum Gasteiger partial charge on any atom is 0.295 e. The number of carbonyl (C=O) groups is 1. The Balaban J connectivity index is 1.55. The number of nitro benzene ring substituents is 1. The van der Waals surface area contributed by atoms with Crippen molar-refractivity contribution in [2.24, 2.45) is 0 Å². The van der Waals surface area contributed by atoms with Gasteiger partial charge in [0.25, 0.3) is 25.9 Å². The van der Waals surface area contributed by atoms with Crippen LogP contribution in [0.15, 0.2) is 58.3 Å². The summed E-state index contributed by atoms with van der Waals surface area (Å²) in [5.74, 6) is 0.463. The van der Waals surface area contributed by atoms with E-state index >= 15 is 0 Å². The quantitative estimate of drug-likeness (QED) is 0.112. The van der Waals surface area contributed by atoms with E-state index in [-0.39, 0.29) is 59.9 Å². The van der Waals surface area contributed by atoms with E-state index in [1.807, 2.05) is 0 Å². The number of nitro groups is 1. The fourth-order valence-electron chi connectivity index (χ4n) is 3.15. The van der Waals surface area contributed by atoms with Gasteiger partial charge in [0.2, 0.25) is 0 Å². The average molecular weight is 542 g/mol. The summed E-state index contributed by atoms with van der Waals surface area (Å²) in [5, 5.41) is 10.9. The van der Waals surface area contributed by atoms with Gasteiger partial charge < -0.3 is 14.2 Å². The first-order valence-electron chi connectivity index (χ1n) is 10.00. The van der Waals surface area contributed by atoms with E-state index in [1.54, 1.807) is 0 Å². The van der Waals surface area contributed by atoms with E-state index in [0.29, 0.717) is 12.4 Å². The number of rotatable bonds is 12. The summed E-state index contributed by atoms with van der Waals surface area (Å²) >= 11 is 0. The van der Waals surface area contributed by atoms with Crippen LogP contribution in [0.5, 0.6) is 11.5 Å². The number of carbonyl (C=O) groups excluding carboxylic acids is 1. The van der Waals surface area contributed by atoms with Crippen molar-refractivity contribution in [3.63, 3.8) is 0 Å². The van der Waals surface area contributed by atoms with Crippen molar-refractivity contribution in [3.05, 3.63) is 64.2 Å². The molecular weight excluding hydrogens is 522 g/mol. The van der Waals surface area contributed by atoms with Crippen molar-refractivity contribution in [3.8, 4) is 11.5 Å². The molecule has 3 aromatic carbocycles. The Morgan fingerprint density at radius 3 is 2.00 bits per heavy atom. The molecule has 13 nitrogen and oxygen atoms in total. The second kappa shape index (κ2) is 11.0. The van der Waals surface area contributed by atoms with Gasteiger partial charge in [0.05, 0.1) is 28.6 Å². The number of nitrogens with zero attached hydrogens (tertiary/aromatic N) is 1. The van der Waals surface area contributed by atoms with Crippen molar-refractivity contribution in [1.82, 2.24) is 0 Å². The topological polar surface area (TPSA) is 197 Å². The van der Waals surface area contributed by atoms with Gasteiger partial charge in [-0.15, -0.1) is 0 Å². The second-order valence-electron chi connectivity index (χ2n) is 7.16. The van der Waals surface area contributed by atoms with Gasteiger partial charge in [-0.25, -0.2) is 0 Å². The maximum atomic E-state index is 11.7. The lowest BCUT2D eigenvalue weighted by Gasteiger charge is -2.11. The van der Waals surface area contributed by atoms with Gasteiger partial charge in [-0.05, 0) is 41.8 Å². The van der Waals surface area contributed by atoms with Crippen LogP contribution in [0.4, 0.5) is 5.69 Å². The molecule has 0 saturated carbocycles. The van der Waals surface area contributed by atoms with Crippen molar-refractivity contribution in [2.75, 3.05) is 26.4 Å². The molecule has 3 rings (SSSR count). The van der Waals surface area contributed by atoms with Crippen LogP contribution in [0.25, 0.3) is 10.8 Å². The Morgan fingerprint density at radius 1 is 0.833 bits per heavy atom. The van der Waals surface area contributed by atoms with Gasteiger partial charge in [-0.1, -0.05) is 6.07 Å². The number of hydrogen-bond donors (Lipinski definition) is 2. The monoisotopic (exact) mass is 541 g/mol. The molecule has 0 spiro atoms. The zero-order chi connectivity index (χ0) is 26.5. The van der Waals surface area contributed by atoms with Gasteiger partial charge in [-0.2, -0.15) is 16.8 Å². The Hall–Kier alpha value is -3.63.